The molecule has 1 saturated carbocycles. The molecule has 1 spiro atoms. The molecule has 1 aliphatic heterocycles. The summed E-state index contributed by atoms with van der Waals surface area (Å²) in [6.07, 6.45) is 9.73. The molecule has 2 aromatic rings. The predicted molar refractivity (Wildman–Crippen MR) is 115 cm³/mol. The number of hydrogen-bond donors (Lipinski definition) is 1. The lowest BCUT2D eigenvalue weighted by atomic mass is 9.74. The molecule has 1 saturated heterocycles. The maximum Gasteiger partial charge on any atom is 0.136 e. The van der Waals surface area contributed by atoms with Gasteiger partial charge in [-0.3, -0.25) is 4.40 Å². The van der Waals surface area contributed by atoms with Gasteiger partial charge in [0.2, 0.25) is 0 Å². The van der Waals surface area contributed by atoms with Gasteiger partial charge in [0, 0.05) is 28.9 Å². The van der Waals surface area contributed by atoms with E-state index in [4.69, 9.17) is 0 Å². The van der Waals surface area contributed by atoms with Gasteiger partial charge in [-0.1, -0.05) is 6.42 Å². The van der Waals surface area contributed by atoms with Crippen LogP contribution < -0.4 is 9.62 Å². The molecular weight excluding hydrogens is 424 g/mol. The summed E-state index contributed by atoms with van der Waals surface area (Å²) in [5.41, 5.74) is 1.40. The van der Waals surface area contributed by atoms with Gasteiger partial charge in [0.25, 0.3) is 0 Å². The fraction of sp³-hybridized carbons (Fsp3) is 0.650. The number of aromatic nitrogens is 2. The molecule has 2 fully saturated rings. The number of nitrogens with zero attached hydrogens (tertiary/aromatic N) is 3. The first-order valence-corrected chi connectivity index (χ1v) is 11.8. The van der Waals surface area contributed by atoms with Crippen LogP contribution in [0.2, 0.25) is 0 Å². The largest absolute Gasteiger partial charge is 0.598 e. The van der Waals surface area contributed by atoms with Crippen LogP contribution in [0.1, 0.15) is 52.9 Å². The van der Waals surface area contributed by atoms with Crippen LogP contribution in [-0.2, 0) is 11.4 Å². The van der Waals surface area contributed by atoms with E-state index < -0.39 is 11.4 Å². The van der Waals surface area contributed by atoms with Gasteiger partial charge in [-0.05, 0) is 79.9 Å². The van der Waals surface area contributed by atoms with Gasteiger partial charge in [0.1, 0.15) is 16.9 Å². The molecule has 27 heavy (non-hydrogen) atoms. The number of hydrogen-bond acceptors (Lipinski definition) is 4. The Labute approximate surface area is 173 Å². The quantitative estimate of drug-likeness (QED) is 0.705. The number of fused-ring (bicyclic) bond motifs is 1. The van der Waals surface area contributed by atoms with Crippen LogP contribution >= 0.6 is 15.9 Å². The smallest absolute Gasteiger partial charge is 0.136 e. The summed E-state index contributed by atoms with van der Waals surface area (Å²) in [4.78, 5) is 6.79. The topological polar surface area (TPSA) is 55.6 Å². The zero-order chi connectivity index (χ0) is 19.2. The first-order chi connectivity index (χ1) is 12.8. The molecule has 0 aromatic carbocycles. The van der Waals surface area contributed by atoms with E-state index in [2.05, 4.69) is 47.1 Å². The molecule has 2 unspecified atom stereocenters. The number of pyridine rings is 1. The third-order valence-corrected chi connectivity index (χ3v) is 8.59. The van der Waals surface area contributed by atoms with E-state index in [1.54, 1.807) is 0 Å². The second-order valence-electron chi connectivity index (χ2n) is 8.98. The average molecular weight is 453 g/mol. The molecule has 1 aliphatic carbocycles. The highest BCUT2D eigenvalue weighted by Gasteiger charge is 2.47. The fourth-order valence-electron chi connectivity index (χ4n) is 4.63. The number of imidazole rings is 1. The number of nitrogens with one attached hydrogen (secondary N) is 1. The maximum atomic E-state index is 12.7. The van der Waals surface area contributed by atoms with Gasteiger partial charge in [-0.2, -0.15) is 0 Å². The van der Waals surface area contributed by atoms with E-state index in [0.29, 0.717) is 11.5 Å². The summed E-state index contributed by atoms with van der Waals surface area (Å²) < 4.78 is 19.2. The van der Waals surface area contributed by atoms with E-state index in [1.807, 2.05) is 33.3 Å². The molecule has 1 N–H and O–H groups in total. The van der Waals surface area contributed by atoms with Gasteiger partial charge in [0.15, 0.2) is 0 Å². The Balaban J connectivity index is 1.49. The molecule has 4 rings (SSSR count). The van der Waals surface area contributed by atoms with E-state index in [0.717, 1.165) is 42.3 Å². The average Bonchev–Trinajstić information content (AvgIpc) is 3.25. The lowest BCUT2D eigenvalue weighted by Crippen LogP contribution is -2.53. The molecule has 7 heteroatoms. The highest BCUT2D eigenvalue weighted by atomic mass is 79.9. The van der Waals surface area contributed by atoms with Crippen molar-refractivity contribution < 1.29 is 4.55 Å². The molecule has 3 heterocycles. The third-order valence-electron chi connectivity index (χ3n) is 6.30. The van der Waals surface area contributed by atoms with Gasteiger partial charge in [-0.25, -0.2) is 4.98 Å². The van der Waals surface area contributed by atoms with Crippen LogP contribution in [0.25, 0.3) is 5.52 Å². The monoisotopic (exact) mass is 452 g/mol. The highest BCUT2D eigenvalue weighted by Crippen LogP contribution is 2.47. The van der Waals surface area contributed by atoms with Gasteiger partial charge < -0.3 is 9.45 Å². The van der Waals surface area contributed by atoms with Crippen LogP contribution in [0.5, 0.6) is 0 Å². The summed E-state index contributed by atoms with van der Waals surface area (Å²) in [5.74, 6) is 1.21. The van der Waals surface area contributed by atoms with Crippen LogP contribution in [0, 0.1) is 5.41 Å². The third kappa shape index (κ3) is 3.63. The van der Waals surface area contributed by atoms with Gasteiger partial charge >= 0.3 is 0 Å². The Morgan fingerprint density at radius 1 is 1.26 bits per heavy atom. The first-order valence-electron chi connectivity index (χ1n) is 9.84. The van der Waals surface area contributed by atoms with Crippen LogP contribution in [-0.4, -0.2) is 37.8 Å². The maximum absolute atomic E-state index is 12.7. The molecular formula is C20H29BrN4OS. The van der Waals surface area contributed by atoms with Crippen molar-refractivity contribution in [2.24, 2.45) is 5.41 Å². The zero-order valence-corrected chi connectivity index (χ0v) is 18.8. The summed E-state index contributed by atoms with van der Waals surface area (Å²) in [6, 6.07) is 4.66. The standard InChI is InChI=1S/C20H29BrN4OS/c1-19(2,3)27(26)23-17-5-4-8-20(17)9-11-24(12-10-20)18-7-6-15(21)16-13-22-14-25(16)18/h6-7,13-14,17,23H,4-5,8-12H2,1-3H3. The molecule has 2 aliphatic rings. The lowest BCUT2D eigenvalue weighted by Gasteiger charge is -2.44. The lowest BCUT2D eigenvalue weighted by molar-refractivity contribution is 0.186. The fourth-order valence-corrected chi connectivity index (χ4v) is 6.04. The molecule has 5 nitrogen and oxygen atoms in total. The number of anilines is 1. The Morgan fingerprint density at radius 3 is 2.70 bits per heavy atom. The number of piperidine rings is 1. The van der Waals surface area contributed by atoms with Gasteiger partial charge in [0.05, 0.1) is 17.8 Å². The van der Waals surface area contributed by atoms with E-state index in [1.165, 1.54) is 18.7 Å². The minimum atomic E-state index is -0.997. The van der Waals surface area contributed by atoms with Crippen molar-refractivity contribution in [3.05, 3.63) is 29.1 Å². The van der Waals surface area contributed by atoms with Crippen LogP contribution in [0.15, 0.2) is 29.1 Å². The van der Waals surface area contributed by atoms with E-state index in [-0.39, 0.29) is 4.75 Å². The van der Waals surface area contributed by atoms with Crippen molar-refractivity contribution in [1.29, 1.82) is 0 Å². The van der Waals surface area contributed by atoms with Crippen molar-refractivity contribution >= 4 is 38.6 Å². The predicted octanol–water partition coefficient (Wildman–Crippen LogP) is 4.29. The second-order valence-corrected chi connectivity index (χ2v) is 11.8. The molecule has 0 radical (unpaired) electrons. The molecule has 0 bridgehead atoms. The highest BCUT2D eigenvalue weighted by molar-refractivity contribution is 9.10. The first kappa shape index (κ1) is 19.6. The summed E-state index contributed by atoms with van der Waals surface area (Å²) >= 11 is 2.62. The Hall–Kier alpha value is -0.760. The normalized spacial score (nSPS) is 24.0. The zero-order valence-electron chi connectivity index (χ0n) is 16.4. The summed E-state index contributed by atoms with van der Waals surface area (Å²) in [7, 11) is 0. The minimum Gasteiger partial charge on any atom is -0.598 e. The van der Waals surface area contributed by atoms with Crippen LogP contribution in [0.4, 0.5) is 5.82 Å². The Morgan fingerprint density at radius 2 is 2.00 bits per heavy atom. The molecule has 2 aromatic heterocycles. The van der Waals surface area contributed by atoms with Crippen molar-refractivity contribution in [2.45, 2.75) is 63.7 Å². The summed E-state index contributed by atoms with van der Waals surface area (Å²) in [6.45, 7) is 8.21. The second kappa shape index (κ2) is 7.25. The Kier molecular flexibility index (Phi) is 5.25. The number of rotatable bonds is 3. The molecule has 2 atom stereocenters. The Bertz CT molecular complexity index is 810. The van der Waals surface area contributed by atoms with Crippen LogP contribution in [0.3, 0.4) is 0 Å². The van der Waals surface area contributed by atoms with Crippen molar-refractivity contribution in [2.75, 3.05) is 18.0 Å². The van der Waals surface area contributed by atoms with E-state index >= 15 is 0 Å². The van der Waals surface area contributed by atoms with Crippen molar-refractivity contribution in [3.8, 4) is 0 Å². The molecule has 148 valence electrons. The SMILES string of the molecule is CC(C)(C)[S+]([O-])NC1CCCC12CCN(c1ccc(Br)c3cncn13)CC2. The van der Waals surface area contributed by atoms with Crippen molar-refractivity contribution in [3.63, 3.8) is 0 Å². The molecule has 0 amide bonds. The summed E-state index contributed by atoms with van der Waals surface area (Å²) in [5, 5.41) is 0. The number of halogens is 1. The van der Waals surface area contributed by atoms with Gasteiger partial charge in [-0.15, -0.1) is 4.72 Å². The minimum absolute atomic E-state index is 0.213. The van der Waals surface area contributed by atoms with E-state index in [9.17, 15) is 4.55 Å². The van der Waals surface area contributed by atoms with Crippen molar-refractivity contribution in [1.82, 2.24) is 14.1 Å².